The maximum Gasteiger partial charge on any atom is 0.451 e. The van der Waals surface area contributed by atoms with Crippen LogP contribution in [0.5, 0.6) is 0 Å². The Morgan fingerprint density at radius 1 is 1.26 bits per heavy atom. The lowest BCUT2D eigenvalue weighted by molar-refractivity contribution is -0.145. The third-order valence-corrected chi connectivity index (χ3v) is 3.86. The minimum absolute atomic E-state index is 0.00498. The summed E-state index contributed by atoms with van der Waals surface area (Å²) < 4.78 is 38.7. The van der Waals surface area contributed by atoms with Crippen molar-refractivity contribution < 1.29 is 18.0 Å². The summed E-state index contributed by atoms with van der Waals surface area (Å²) in [7, 11) is 0. The van der Waals surface area contributed by atoms with Gasteiger partial charge in [-0.05, 0) is 12.0 Å². The van der Waals surface area contributed by atoms with Crippen molar-refractivity contribution in [1.29, 1.82) is 0 Å². The van der Waals surface area contributed by atoms with Crippen molar-refractivity contribution >= 4 is 28.6 Å². The maximum atomic E-state index is 12.9. The van der Waals surface area contributed by atoms with Gasteiger partial charge in [-0.15, -0.1) is 0 Å². The Morgan fingerprint density at radius 2 is 1.96 bits per heavy atom. The summed E-state index contributed by atoms with van der Waals surface area (Å²) in [6.07, 6.45) is -4.63. The fourth-order valence-corrected chi connectivity index (χ4v) is 2.64. The Labute approximate surface area is 135 Å². The van der Waals surface area contributed by atoms with Crippen LogP contribution in [0.25, 0.3) is 10.9 Å². The van der Waals surface area contributed by atoms with Crippen LogP contribution in [0.2, 0.25) is 0 Å². The number of alkyl halides is 3. The molecule has 8 heteroatoms. The van der Waals surface area contributed by atoms with Crippen molar-refractivity contribution in [2.24, 2.45) is 5.92 Å². The summed E-state index contributed by atoms with van der Waals surface area (Å²) in [5.41, 5.74) is 0.208. The lowest BCUT2D eigenvalue weighted by Crippen LogP contribution is -2.28. The number of carbonyl (C=O) groups is 1. The van der Waals surface area contributed by atoms with Gasteiger partial charge in [-0.2, -0.15) is 13.2 Å². The quantitative estimate of drug-likeness (QED) is 0.667. The normalized spacial score (nSPS) is 11.9. The molecule has 0 aliphatic rings. The molecule has 4 nitrogen and oxygen atoms in total. The molecule has 0 atom stereocenters. The number of nitrogens with one attached hydrogen (secondary N) is 1. The smallest absolute Gasteiger partial charge is 0.355 e. The van der Waals surface area contributed by atoms with Gasteiger partial charge < -0.3 is 5.32 Å². The summed E-state index contributed by atoms with van der Waals surface area (Å²) in [6.45, 7) is 4.44. The number of halogens is 3. The topological polar surface area (TPSA) is 54.9 Å². The van der Waals surface area contributed by atoms with E-state index in [4.69, 9.17) is 0 Å². The summed E-state index contributed by atoms with van der Waals surface area (Å²) in [6, 6.07) is 6.44. The van der Waals surface area contributed by atoms with E-state index in [9.17, 15) is 18.0 Å². The van der Waals surface area contributed by atoms with Crippen LogP contribution >= 0.6 is 11.8 Å². The Hall–Kier alpha value is -1.83. The van der Waals surface area contributed by atoms with E-state index in [1.54, 1.807) is 18.2 Å². The predicted molar refractivity (Wildman–Crippen MR) is 83.1 cm³/mol. The first-order valence-corrected chi connectivity index (χ1v) is 7.99. The zero-order valence-electron chi connectivity index (χ0n) is 12.6. The Balaban J connectivity index is 2.23. The molecule has 23 heavy (non-hydrogen) atoms. The second kappa shape index (κ2) is 7.16. The Morgan fingerprint density at radius 3 is 2.61 bits per heavy atom. The third-order valence-electron chi connectivity index (χ3n) is 2.87. The molecule has 1 heterocycles. The number of hydrogen-bond donors (Lipinski definition) is 1. The molecule has 1 N–H and O–H groups in total. The molecule has 0 spiro atoms. The highest BCUT2D eigenvalue weighted by Gasteiger charge is 2.35. The van der Waals surface area contributed by atoms with Gasteiger partial charge in [0, 0.05) is 11.9 Å². The van der Waals surface area contributed by atoms with E-state index in [-0.39, 0.29) is 22.2 Å². The molecule has 1 amide bonds. The van der Waals surface area contributed by atoms with Crippen LogP contribution in [0.15, 0.2) is 29.3 Å². The van der Waals surface area contributed by atoms with Crippen LogP contribution in [-0.2, 0) is 11.0 Å². The standard InChI is InChI=1S/C15H16F3N3OS/c1-9(2)7-19-12(22)8-23-13-10-5-3-4-6-11(10)20-14(21-13)15(16,17)18/h3-6,9H,7-8H2,1-2H3,(H,19,22). The third kappa shape index (κ3) is 4.82. The molecule has 2 aromatic rings. The number of nitrogens with zero attached hydrogens (tertiary/aromatic N) is 2. The number of thioether (sulfide) groups is 1. The van der Waals surface area contributed by atoms with E-state index in [0.717, 1.165) is 11.8 Å². The lowest BCUT2D eigenvalue weighted by atomic mass is 10.2. The summed E-state index contributed by atoms with van der Waals surface area (Å²) in [5, 5.41) is 3.38. The Bertz CT molecular complexity index is 704. The average molecular weight is 343 g/mol. The zero-order valence-corrected chi connectivity index (χ0v) is 13.5. The molecule has 0 aliphatic carbocycles. The molecule has 2 rings (SSSR count). The SMILES string of the molecule is CC(C)CNC(=O)CSc1nc(C(F)(F)F)nc2ccccc12. The molecule has 0 aliphatic heterocycles. The van der Waals surface area contributed by atoms with Crippen molar-refractivity contribution in [1.82, 2.24) is 15.3 Å². The minimum Gasteiger partial charge on any atom is -0.355 e. The molecule has 0 saturated carbocycles. The van der Waals surface area contributed by atoms with Crippen LogP contribution in [0, 0.1) is 5.92 Å². The number of aromatic nitrogens is 2. The van der Waals surface area contributed by atoms with Crippen LogP contribution in [0.4, 0.5) is 13.2 Å². The molecule has 124 valence electrons. The van der Waals surface area contributed by atoms with Crippen molar-refractivity contribution in [3.05, 3.63) is 30.1 Å². The molecule has 1 aromatic carbocycles. The predicted octanol–water partition coefficient (Wildman–Crippen LogP) is 3.51. The lowest BCUT2D eigenvalue weighted by Gasteiger charge is -2.11. The van der Waals surface area contributed by atoms with Crippen molar-refractivity contribution in [2.45, 2.75) is 25.0 Å². The minimum atomic E-state index is -4.63. The molecule has 0 radical (unpaired) electrons. The first kappa shape index (κ1) is 17.5. The van der Waals surface area contributed by atoms with Crippen LogP contribution in [-0.4, -0.2) is 28.2 Å². The monoisotopic (exact) mass is 343 g/mol. The highest BCUT2D eigenvalue weighted by atomic mass is 32.2. The molecular weight excluding hydrogens is 327 g/mol. The average Bonchev–Trinajstić information content (AvgIpc) is 2.49. The van der Waals surface area contributed by atoms with Crippen molar-refractivity contribution in [3.8, 4) is 0 Å². The number of amides is 1. The van der Waals surface area contributed by atoms with Gasteiger partial charge in [-0.25, -0.2) is 9.97 Å². The molecular formula is C15H16F3N3OS. The van der Waals surface area contributed by atoms with E-state index in [1.165, 1.54) is 6.07 Å². The summed E-state index contributed by atoms with van der Waals surface area (Å²) in [5.74, 6) is -1.12. The van der Waals surface area contributed by atoms with Gasteiger partial charge in [0.2, 0.25) is 11.7 Å². The van der Waals surface area contributed by atoms with Gasteiger partial charge in [-0.3, -0.25) is 4.79 Å². The van der Waals surface area contributed by atoms with Gasteiger partial charge in [0.1, 0.15) is 5.03 Å². The van der Waals surface area contributed by atoms with Crippen molar-refractivity contribution in [3.63, 3.8) is 0 Å². The van der Waals surface area contributed by atoms with Gasteiger partial charge in [0.15, 0.2) is 0 Å². The molecule has 1 aromatic heterocycles. The van der Waals surface area contributed by atoms with E-state index in [2.05, 4.69) is 15.3 Å². The fourth-order valence-electron chi connectivity index (χ4n) is 1.79. The number of rotatable bonds is 5. The molecule has 0 saturated heterocycles. The largest absolute Gasteiger partial charge is 0.451 e. The zero-order chi connectivity index (χ0) is 17.0. The van der Waals surface area contributed by atoms with Crippen LogP contribution in [0.3, 0.4) is 0 Å². The van der Waals surface area contributed by atoms with Gasteiger partial charge >= 0.3 is 6.18 Å². The number of fused-ring (bicyclic) bond motifs is 1. The fraction of sp³-hybridized carbons (Fsp3) is 0.400. The number of benzene rings is 1. The maximum absolute atomic E-state index is 12.9. The number of para-hydroxylation sites is 1. The van der Waals surface area contributed by atoms with Crippen molar-refractivity contribution in [2.75, 3.05) is 12.3 Å². The van der Waals surface area contributed by atoms with E-state index >= 15 is 0 Å². The van der Waals surface area contributed by atoms with Gasteiger partial charge in [-0.1, -0.05) is 43.8 Å². The van der Waals surface area contributed by atoms with E-state index in [0.29, 0.717) is 17.8 Å². The van der Waals surface area contributed by atoms with E-state index in [1.807, 2.05) is 13.8 Å². The van der Waals surface area contributed by atoms with E-state index < -0.39 is 12.0 Å². The molecule has 0 fully saturated rings. The van der Waals surface area contributed by atoms with Gasteiger partial charge in [0.25, 0.3) is 0 Å². The Kier molecular flexibility index (Phi) is 5.46. The number of carbonyl (C=O) groups excluding carboxylic acids is 1. The molecule has 0 unspecified atom stereocenters. The summed E-state index contributed by atoms with van der Waals surface area (Å²) in [4.78, 5) is 18.9. The van der Waals surface area contributed by atoms with Crippen LogP contribution < -0.4 is 5.32 Å². The number of hydrogen-bond acceptors (Lipinski definition) is 4. The second-order valence-electron chi connectivity index (χ2n) is 5.35. The summed E-state index contributed by atoms with van der Waals surface area (Å²) >= 11 is 0.977. The molecule has 0 bridgehead atoms. The van der Waals surface area contributed by atoms with Gasteiger partial charge in [0.05, 0.1) is 11.3 Å². The first-order chi connectivity index (χ1) is 10.8. The first-order valence-electron chi connectivity index (χ1n) is 7.01. The second-order valence-corrected chi connectivity index (χ2v) is 6.32. The van der Waals surface area contributed by atoms with Crippen LogP contribution in [0.1, 0.15) is 19.7 Å². The highest BCUT2D eigenvalue weighted by Crippen LogP contribution is 2.31. The highest BCUT2D eigenvalue weighted by molar-refractivity contribution is 8.00.